The Kier molecular flexibility index (Phi) is 4.12. The summed E-state index contributed by atoms with van der Waals surface area (Å²) in [7, 11) is 0. The summed E-state index contributed by atoms with van der Waals surface area (Å²) in [6.07, 6.45) is 2.48. The van der Waals surface area contributed by atoms with Gasteiger partial charge in [-0.05, 0) is 32.4 Å². The van der Waals surface area contributed by atoms with Crippen LogP contribution in [0.4, 0.5) is 17.5 Å². The van der Waals surface area contributed by atoms with Gasteiger partial charge in [0.2, 0.25) is 5.95 Å². The highest BCUT2D eigenvalue weighted by atomic mass is 15.1. The first-order valence-electron chi connectivity index (χ1n) is 6.04. The van der Waals surface area contributed by atoms with E-state index in [2.05, 4.69) is 27.5 Å². The lowest BCUT2D eigenvalue weighted by Gasteiger charge is -2.10. The maximum absolute atomic E-state index is 4.46. The summed E-state index contributed by atoms with van der Waals surface area (Å²) >= 11 is 0. The minimum Gasteiger partial charge on any atom is -0.370 e. The molecule has 0 amide bonds. The number of hydrogen-bond acceptors (Lipinski definition) is 4. The second kappa shape index (κ2) is 6.00. The van der Waals surface area contributed by atoms with Gasteiger partial charge in [-0.25, -0.2) is 4.98 Å². The highest BCUT2D eigenvalue weighted by molar-refractivity contribution is 5.56. The molecule has 93 valence electrons. The first kappa shape index (κ1) is 12.4. The summed E-state index contributed by atoms with van der Waals surface area (Å²) < 4.78 is 0. The number of anilines is 3. The third-order valence-electron chi connectivity index (χ3n) is 2.51. The van der Waals surface area contributed by atoms with Crippen LogP contribution in [0.3, 0.4) is 0 Å². The van der Waals surface area contributed by atoms with Gasteiger partial charge in [0.1, 0.15) is 5.82 Å². The maximum atomic E-state index is 4.46. The quantitative estimate of drug-likeness (QED) is 0.844. The summed E-state index contributed by atoms with van der Waals surface area (Å²) in [5.74, 6) is 1.44. The number of nitrogens with one attached hydrogen (secondary N) is 2. The first-order valence-corrected chi connectivity index (χ1v) is 6.04. The average Bonchev–Trinajstić information content (AvgIpc) is 2.41. The van der Waals surface area contributed by atoms with Gasteiger partial charge in [0.15, 0.2) is 0 Å². The molecule has 1 aromatic carbocycles. The lowest BCUT2D eigenvalue weighted by atomic mass is 10.2. The molecule has 0 saturated heterocycles. The Morgan fingerprint density at radius 2 is 2.00 bits per heavy atom. The molecule has 0 unspecified atom stereocenters. The second-order valence-corrected chi connectivity index (χ2v) is 3.84. The molecule has 0 aliphatic rings. The number of nitrogens with zero attached hydrogens (tertiary/aromatic N) is 2. The molecule has 2 aromatic rings. The number of para-hydroxylation sites is 1. The second-order valence-electron chi connectivity index (χ2n) is 3.84. The van der Waals surface area contributed by atoms with Crippen LogP contribution < -0.4 is 10.6 Å². The Bertz CT molecular complexity index is 496. The Morgan fingerprint density at radius 3 is 2.67 bits per heavy atom. The number of benzene rings is 1. The molecule has 0 bridgehead atoms. The van der Waals surface area contributed by atoms with E-state index in [9.17, 15) is 0 Å². The topological polar surface area (TPSA) is 49.8 Å². The van der Waals surface area contributed by atoms with Crippen molar-refractivity contribution in [1.82, 2.24) is 9.97 Å². The van der Waals surface area contributed by atoms with Gasteiger partial charge in [0.05, 0.1) is 0 Å². The van der Waals surface area contributed by atoms with Crippen molar-refractivity contribution in [3.05, 3.63) is 49.0 Å². The summed E-state index contributed by atoms with van der Waals surface area (Å²) in [4.78, 5) is 8.74. The van der Waals surface area contributed by atoms with E-state index in [0.717, 1.165) is 23.6 Å². The van der Waals surface area contributed by atoms with Gasteiger partial charge in [-0.1, -0.05) is 18.2 Å². The smallest absolute Gasteiger partial charge is 0.229 e. The van der Waals surface area contributed by atoms with Crippen LogP contribution in [0.25, 0.3) is 0 Å². The SMILES string of the molecule is [CH2]Cc1cnc(Nc2ccccc2)nc1NCC. The van der Waals surface area contributed by atoms with E-state index in [0.29, 0.717) is 12.4 Å². The molecule has 4 nitrogen and oxygen atoms in total. The van der Waals surface area contributed by atoms with E-state index >= 15 is 0 Å². The molecule has 1 heterocycles. The van der Waals surface area contributed by atoms with Gasteiger partial charge in [-0.2, -0.15) is 4.98 Å². The van der Waals surface area contributed by atoms with Crippen molar-refractivity contribution in [2.45, 2.75) is 13.3 Å². The number of hydrogen-bond donors (Lipinski definition) is 2. The number of aromatic nitrogens is 2. The minimum absolute atomic E-state index is 0.592. The largest absolute Gasteiger partial charge is 0.370 e. The van der Waals surface area contributed by atoms with Gasteiger partial charge in [0, 0.05) is 24.0 Å². The summed E-state index contributed by atoms with van der Waals surface area (Å²) in [5, 5.41) is 6.39. The maximum Gasteiger partial charge on any atom is 0.229 e. The van der Waals surface area contributed by atoms with Crippen molar-refractivity contribution < 1.29 is 0 Å². The molecule has 4 heteroatoms. The molecule has 1 radical (unpaired) electrons. The Morgan fingerprint density at radius 1 is 1.22 bits per heavy atom. The van der Waals surface area contributed by atoms with Crippen LogP contribution in [0.15, 0.2) is 36.5 Å². The molecular weight excluding hydrogens is 224 g/mol. The van der Waals surface area contributed by atoms with Crippen molar-refractivity contribution in [2.75, 3.05) is 17.2 Å². The normalized spacial score (nSPS) is 10.1. The number of rotatable bonds is 5. The highest BCUT2D eigenvalue weighted by Gasteiger charge is 2.05. The predicted molar refractivity (Wildman–Crippen MR) is 75.0 cm³/mol. The molecule has 0 aliphatic heterocycles. The Hall–Kier alpha value is -2.10. The van der Waals surface area contributed by atoms with Crippen molar-refractivity contribution in [3.8, 4) is 0 Å². The predicted octanol–water partition coefficient (Wildman–Crippen LogP) is 3.03. The molecule has 0 saturated carbocycles. The van der Waals surface area contributed by atoms with E-state index in [1.54, 1.807) is 0 Å². The lowest BCUT2D eigenvalue weighted by molar-refractivity contribution is 1.06. The van der Waals surface area contributed by atoms with Crippen molar-refractivity contribution in [2.24, 2.45) is 0 Å². The van der Waals surface area contributed by atoms with Gasteiger partial charge >= 0.3 is 0 Å². The fraction of sp³-hybridized carbons (Fsp3) is 0.214. The van der Waals surface area contributed by atoms with Gasteiger partial charge < -0.3 is 10.6 Å². The third-order valence-corrected chi connectivity index (χ3v) is 2.51. The van der Waals surface area contributed by atoms with Gasteiger partial charge in [-0.3, -0.25) is 0 Å². The molecule has 1 aromatic heterocycles. The minimum atomic E-state index is 0.592. The average molecular weight is 241 g/mol. The van der Waals surface area contributed by atoms with Crippen LogP contribution in [0.2, 0.25) is 0 Å². The van der Waals surface area contributed by atoms with Crippen LogP contribution in [-0.4, -0.2) is 16.5 Å². The fourth-order valence-corrected chi connectivity index (χ4v) is 1.62. The van der Waals surface area contributed by atoms with E-state index < -0.39 is 0 Å². The lowest BCUT2D eigenvalue weighted by Crippen LogP contribution is -2.06. The van der Waals surface area contributed by atoms with Gasteiger partial charge in [0.25, 0.3) is 0 Å². The molecule has 2 rings (SSSR count). The molecule has 0 aliphatic carbocycles. The van der Waals surface area contributed by atoms with Crippen LogP contribution in [0.1, 0.15) is 12.5 Å². The summed E-state index contributed by atoms with van der Waals surface area (Å²) in [6.45, 7) is 6.74. The van der Waals surface area contributed by atoms with E-state index in [4.69, 9.17) is 0 Å². The zero-order valence-electron chi connectivity index (χ0n) is 10.5. The molecule has 0 atom stereocenters. The van der Waals surface area contributed by atoms with E-state index in [1.807, 2.05) is 43.5 Å². The fourth-order valence-electron chi connectivity index (χ4n) is 1.62. The van der Waals surface area contributed by atoms with Crippen LogP contribution in [0, 0.1) is 6.92 Å². The highest BCUT2D eigenvalue weighted by Crippen LogP contribution is 2.17. The molecule has 18 heavy (non-hydrogen) atoms. The molecule has 2 N–H and O–H groups in total. The summed E-state index contributed by atoms with van der Waals surface area (Å²) in [5.41, 5.74) is 2.00. The third kappa shape index (κ3) is 2.97. The monoisotopic (exact) mass is 241 g/mol. The molecule has 0 spiro atoms. The first-order chi connectivity index (χ1) is 8.83. The Balaban J connectivity index is 2.21. The van der Waals surface area contributed by atoms with E-state index in [-0.39, 0.29) is 0 Å². The van der Waals surface area contributed by atoms with Crippen LogP contribution >= 0.6 is 0 Å². The zero-order valence-corrected chi connectivity index (χ0v) is 10.5. The van der Waals surface area contributed by atoms with Crippen molar-refractivity contribution >= 4 is 17.5 Å². The summed E-state index contributed by atoms with van der Waals surface area (Å²) in [6, 6.07) is 9.87. The van der Waals surface area contributed by atoms with Crippen LogP contribution in [0.5, 0.6) is 0 Å². The molecular formula is C14H17N4. The molecule has 0 fully saturated rings. The van der Waals surface area contributed by atoms with E-state index in [1.165, 1.54) is 0 Å². The zero-order chi connectivity index (χ0) is 12.8. The van der Waals surface area contributed by atoms with Gasteiger partial charge in [-0.15, -0.1) is 0 Å². The van der Waals surface area contributed by atoms with Crippen molar-refractivity contribution in [3.63, 3.8) is 0 Å². The Labute approximate surface area is 107 Å². The van der Waals surface area contributed by atoms with Crippen molar-refractivity contribution in [1.29, 1.82) is 0 Å². The van der Waals surface area contributed by atoms with Crippen LogP contribution in [-0.2, 0) is 6.42 Å². The standard InChI is InChI=1S/C14H17N4/c1-3-11-10-16-14(18-13(11)15-4-2)17-12-8-6-5-7-9-12/h5-10H,1,3-4H2,2H3,(H2,15,16,17,18).